The Morgan fingerprint density at radius 1 is 1.29 bits per heavy atom. The molecular formula is C9H10N6O3S3. The van der Waals surface area contributed by atoms with E-state index in [-0.39, 0.29) is 29.2 Å². The summed E-state index contributed by atoms with van der Waals surface area (Å²) >= 11 is 3.93. The molecule has 0 saturated carbocycles. The first-order chi connectivity index (χ1) is 10.1. The van der Waals surface area contributed by atoms with E-state index in [1.54, 1.807) is 0 Å². The molecule has 0 aliphatic rings. The lowest BCUT2D eigenvalue weighted by Gasteiger charge is -2.01. The first-order valence-electron chi connectivity index (χ1n) is 5.49. The standard InChI is InChI=1S/C9H10N6O3S3/c1-4(16)10-6-7(14-18-13-6)11-5(17)3-20-9-12-8(19-2)15-21-9/h3H2,1-2H3,(H,10,13,16)(H,11,14,17). The Labute approximate surface area is 131 Å². The highest BCUT2D eigenvalue weighted by Gasteiger charge is 2.15. The van der Waals surface area contributed by atoms with E-state index < -0.39 is 0 Å². The number of rotatable bonds is 6. The van der Waals surface area contributed by atoms with Crippen LogP contribution < -0.4 is 10.6 Å². The lowest BCUT2D eigenvalue weighted by molar-refractivity contribution is -0.115. The van der Waals surface area contributed by atoms with Gasteiger partial charge < -0.3 is 10.6 Å². The van der Waals surface area contributed by atoms with Gasteiger partial charge >= 0.3 is 0 Å². The van der Waals surface area contributed by atoms with Crippen molar-refractivity contribution < 1.29 is 14.2 Å². The number of carbonyl (C=O) groups excluding carboxylic acids is 2. The SMILES string of the molecule is CSc1nsc(SCC(=O)Nc2nonc2NC(C)=O)n1. The van der Waals surface area contributed by atoms with Crippen LogP contribution in [0.15, 0.2) is 14.1 Å². The highest BCUT2D eigenvalue weighted by Crippen LogP contribution is 2.24. The second kappa shape index (κ2) is 7.38. The van der Waals surface area contributed by atoms with Gasteiger partial charge in [0.1, 0.15) is 0 Å². The number of amides is 2. The number of thioether (sulfide) groups is 2. The van der Waals surface area contributed by atoms with Crippen molar-refractivity contribution in [3.8, 4) is 0 Å². The summed E-state index contributed by atoms with van der Waals surface area (Å²) in [5.41, 5.74) is 0. The van der Waals surface area contributed by atoms with Crippen molar-refractivity contribution in [1.29, 1.82) is 0 Å². The van der Waals surface area contributed by atoms with E-state index >= 15 is 0 Å². The van der Waals surface area contributed by atoms with Gasteiger partial charge in [-0.3, -0.25) is 9.59 Å². The van der Waals surface area contributed by atoms with Crippen LogP contribution in [0.5, 0.6) is 0 Å². The zero-order chi connectivity index (χ0) is 15.2. The molecule has 0 spiro atoms. The Morgan fingerprint density at radius 3 is 2.62 bits per heavy atom. The number of nitrogens with one attached hydrogen (secondary N) is 2. The van der Waals surface area contributed by atoms with Gasteiger partial charge in [-0.1, -0.05) is 23.5 Å². The molecule has 9 nitrogen and oxygen atoms in total. The molecule has 2 heterocycles. The van der Waals surface area contributed by atoms with Crippen LogP contribution in [0.3, 0.4) is 0 Å². The quantitative estimate of drug-likeness (QED) is 0.745. The molecule has 0 radical (unpaired) electrons. The van der Waals surface area contributed by atoms with Gasteiger partial charge in [-0.05, 0) is 28.1 Å². The third-order valence-corrected chi connectivity index (χ3v) is 4.44. The molecule has 0 fully saturated rings. The maximum absolute atomic E-state index is 11.8. The average molecular weight is 346 g/mol. The van der Waals surface area contributed by atoms with Crippen molar-refractivity contribution in [2.24, 2.45) is 0 Å². The van der Waals surface area contributed by atoms with Gasteiger partial charge in [-0.25, -0.2) is 9.61 Å². The summed E-state index contributed by atoms with van der Waals surface area (Å²) in [5, 5.41) is 12.6. The van der Waals surface area contributed by atoms with E-state index in [1.165, 1.54) is 42.0 Å². The minimum absolute atomic E-state index is 0.0675. The molecule has 0 atom stereocenters. The second-order valence-electron chi connectivity index (χ2n) is 3.53. The zero-order valence-corrected chi connectivity index (χ0v) is 13.4. The van der Waals surface area contributed by atoms with Crippen molar-refractivity contribution in [3.05, 3.63) is 0 Å². The number of hydrogen-bond acceptors (Lipinski definition) is 10. The van der Waals surface area contributed by atoms with Crippen molar-refractivity contribution >= 4 is 58.5 Å². The lowest BCUT2D eigenvalue weighted by Crippen LogP contribution is -2.16. The van der Waals surface area contributed by atoms with Crippen molar-refractivity contribution in [1.82, 2.24) is 19.7 Å². The Bertz CT molecular complexity index is 642. The van der Waals surface area contributed by atoms with Gasteiger partial charge in [0.2, 0.25) is 28.6 Å². The van der Waals surface area contributed by atoms with Crippen LogP contribution in [0.4, 0.5) is 11.6 Å². The van der Waals surface area contributed by atoms with Gasteiger partial charge in [-0.2, -0.15) is 4.37 Å². The van der Waals surface area contributed by atoms with E-state index in [1.807, 2.05) is 6.26 Å². The maximum Gasteiger partial charge on any atom is 0.236 e. The van der Waals surface area contributed by atoms with Gasteiger partial charge in [0, 0.05) is 6.92 Å². The molecule has 0 aliphatic carbocycles. The minimum Gasteiger partial charge on any atom is -0.305 e. The summed E-state index contributed by atoms with van der Waals surface area (Å²) in [5.74, 6) is -0.383. The first kappa shape index (κ1) is 15.7. The van der Waals surface area contributed by atoms with Crippen LogP contribution in [0.25, 0.3) is 0 Å². The first-order valence-corrected chi connectivity index (χ1v) is 8.47. The van der Waals surface area contributed by atoms with Crippen LogP contribution >= 0.6 is 35.1 Å². The Hall–Kier alpha value is -1.66. The van der Waals surface area contributed by atoms with E-state index in [0.29, 0.717) is 9.50 Å². The molecule has 2 N–H and O–H groups in total. The zero-order valence-electron chi connectivity index (χ0n) is 10.9. The molecule has 2 aromatic rings. The van der Waals surface area contributed by atoms with E-state index in [0.717, 1.165) is 0 Å². The molecule has 21 heavy (non-hydrogen) atoms. The monoisotopic (exact) mass is 346 g/mol. The number of anilines is 2. The number of hydrogen-bond donors (Lipinski definition) is 2. The Balaban J connectivity index is 1.87. The minimum atomic E-state index is -0.339. The summed E-state index contributed by atoms with van der Waals surface area (Å²) in [6.45, 7) is 1.31. The van der Waals surface area contributed by atoms with Crippen molar-refractivity contribution in [3.63, 3.8) is 0 Å². The fraction of sp³-hybridized carbons (Fsp3) is 0.333. The smallest absolute Gasteiger partial charge is 0.236 e. The molecule has 2 aromatic heterocycles. The molecule has 0 saturated heterocycles. The molecular weight excluding hydrogens is 336 g/mol. The molecule has 0 aromatic carbocycles. The van der Waals surface area contributed by atoms with Crippen molar-refractivity contribution in [2.75, 3.05) is 22.6 Å². The Kier molecular flexibility index (Phi) is 5.52. The molecule has 2 amide bonds. The van der Waals surface area contributed by atoms with E-state index in [9.17, 15) is 9.59 Å². The molecule has 0 unspecified atom stereocenters. The topological polar surface area (TPSA) is 123 Å². The van der Waals surface area contributed by atoms with Crippen LogP contribution in [0.2, 0.25) is 0 Å². The van der Waals surface area contributed by atoms with Gasteiger partial charge in [0.25, 0.3) is 0 Å². The normalized spacial score (nSPS) is 10.4. The fourth-order valence-electron chi connectivity index (χ4n) is 1.15. The molecule has 0 aliphatic heterocycles. The molecule has 0 bridgehead atoms. The second-order valence-corrected chi connectivity index (χ2v) is 6.27. The van der Waals surface area contributed by atoms with Crippen LogP contribution in [-0.4, -0.2) is 43.5 Å². The highest BCUT2D eigenvalue weighted by atomic mass is 32.2. The summed E-state index contributed by atoms with van der Waals surface area (Å²) in [4.78, 5) is 26.9. The fourth-order valence-corrected chi connectivity index (χ4v) is 3.16. The van der Waals surface area contributed by atoms with Crippen LogP contribution in [0, 0.1) is 0 Å². The summed E-state index contributed by atoms with van der Waals surface area (Å²) in [6, 6.07) is 0. The van der Waals surface area contributed by atoms with Gasteiger partial charge in [0.05, 0.1) is 5.75 Å². The third kappa shape index (κ3) is 4.68. The Morgan fingerprint density at radius 2 is 2.00 bits per heavy atom. The van der Waals surface area contributed by atoms with Crippen molar-refractivity contribution in [2.45, 2.75) is 16.4 Å². The van der Waals surface area contributed by atoms with Crippen LogP contribution in [-0.2, 0) is 9.59 Å². The van der Waals surface area contributed by atoms with Gasteiger partial charge in [0.15, 0.2) is 4.34 Å². The predicted molar refractivity (Wildman–Crippen MR) is 79.6 cm³/mol. The third-order valence-electron chi connectivity index (χ3n) is 1.94. The predicted octanol–water partition coefficient (Wildman–Crippen LogP) is 1.33. The van der Waals surface area contributed by atoms with E-state index in [2.05, 4.69) is 34.9 Å². The number of nitrogens with zero attached hydrogens (tertiary/aromatic N) is 4. The van der Waals surface area contributed by atoms with Gasteiger partial charge in [-0.15, -0.1) is 0 Å². The molecule has 2 rings (SSSR count). The molecule has 12 heteroatoms. The molecule has 112 valence electrons. The summed E-state index contributed by atoms with van der Waals surface area (Å²) in [6.07, 6.45) is 1.88. The highest BCUT2D eigenvalue weighted by molar-refractivity contribution is 8.01. The summed E-state index contributed by atoms with van der Waals surface area (Å²) < 4.78 is 9.26. The maximum atomic E-state index is 11.8. The van der Waals surface area contributed by atoms with E-state index in [4.69, 9.17) is 0 Å². The largest absolute Gasteiger partial charge is 0.305 e. The lowest BCUT2D eigenvalue weighted by atomic mass is 10.5. The summed E-state index contributed by atoms with van der Waals surface area (Å²) in [7, 11) is 0. The average Bonchev–Trinajstić information content (AvgIpc) is 3.06. The van der Waals surface area contributed by atoms with Crippen LogP contribution in [0.1, 0.15) is 6.92 Å². The number of aromatic nitrogens is 4. The number of carbonyl (C=O) groups is 2.